The zero-order valence-electron chi connectivity index (χ0n) is 16.4. The summed E-state index contributed by atoms with van der Waals surface area (Å²) < 4.78 is 30.6. The highest BCUT2D eigenvalue weighted by Gasteiger charge is 2.19. The third-order valence-electron chi connectivity index (χ3n) is 4.52. The Morgan fingerprint density at radius 1 is 1.31 bits per heavy atom. The number of hydrogen-bond donors (Lipinski definition) is 1. The molecule has 3 rings (SSSR count). The maximum absolute atomic E-state index is 12.5. The Morgan fingerprint density at radius 3 is 2.69 bits per heavy atom. The van der Waals surface area contributed by atoms with Gasteiger partial charge in [0.25, 0.3) is 5.76 Å². The second-order valence-electron chi connectivity index (χ2n) is 6.61. The van der Waals surface area contributed by atoms with E-state index < -0.39 is 5.76 Å². The van der Waals surface area contributed by atoms with Crippen LogP contribution in [0.1, 0.15) is 10.6 Å². The average molecular weight is 444 g/mol. The van der Waals surface area contributed by atoms with Crippen LogP contribution in [0.3, 0.4) is 0 Å². The average Bonchev–Trinajstić information content (AvgIpc) is 3.00. The first-order chi connectivity index (χ1) is 13.9. The van der Waals surface area contributed by atoms with Crippen molar-refractivity contribution in [1.82, 2.24) is 14.9 Å². The van der Waals surface area contributed by atoms with Gasteiger partial charge in [-0.3, -0.25) is 4.79 Å². The smallest absolute Gasteiger partial charge is 0.291 e. The molecule has 3 heterocycles. The molecule has 0 radical (unpaired) electrons. The van der Waals surface area contributed by atoms with Gasteiger partial charge in [0.1, 0.15) is 11.5 Å². The number of hydrogen-bond acceptors (Lipinski definition) is 8. The molecule has 1 saturated heterocycles. The van der Waals surface area contributed by atoms with Crippen molar-refractivity contribution in [3.63, 3.8) is 0 Å². The van der Waals surface area contributed by atoms with E-state index in [1.807, 2.05) is 6.07 Å². The van der Waals surface area contributed by atoms with Gasteiger partial charge < -0.3 is 19.9 Å². The maximum Gasteiger partial charge on any atom is 0.291 e. The molecule has 0 bridgehead atoms. The topological polar surface area (TPSA) is 70.6 Å². The second-order valence-corrected chi connectivity index (χ2v) is 8.93. The Labute approximate surface area is 176 Å². The number of aromatic nitrogens is 2. The summed E-state index contributed by atoms with van der Waals surface area (Å²) in [5, 5.41) is 2.80. The van der Waals surface area contributed by atoms with Gasteiger partial charge in [0.05, 0.1) is 19.2 Å². The number of rotatable bonds is 7. The summed E-state index contributed by atoms with van der Waals surface area (Å²) >= 11 is 1.50. The van der Waals surface area contributed by atoms with E-state index in [2.05, 4.69) is 32.1 Å². The minimum absolute atomic E-state index is 0.0522. The molecular weight excluding hydrogens is 420 g/mol. The molecule has 7 nitrogen and oxygen atoms in total. The molecule has 0 spiro atoms. The lowest BCUT2D eigenvalue weighted by molar-refractivity contribution is -0.115. The number of carbonyl (C=O) groups is 1. The Hall–Kier alpha value is -1.98. The fourth-order valence-electron chi connectivity index (χ4n) is 2.93. The van der Waals surface area contributed by atoms with Crippen LogP contribution in [0.25, 0.3) is 0 Å². The lowest BCUT2D eigenvalue weighted by Gasteiger charge is -2.33. The first kappa shape index (κ1) is 21.7. The molecule has 1 fully saturated rings. The lowest BCUT2D eigenvalue weighted by atomic mass is 10.2. The summed E-state index contributed by atoms with van der Waals surface area (Å²) in [6, 6.07) is 3.63. The molecular formula is C18H23F2N5O2S2. The quantitative estimate of drug-likeness (QED) is 0.660. The summed E-state index contributed by atoms with van der Waals surface area (Å²) in [5.41, 5.74) is 1.06. The van der Waals surface area contributed by atoms with Gasteiger partial charge in [-0.2, -0.15) is 13.8 Å². The predicted molar refractivity (Wildman–Crippen MR) is 112 cm³/mol. The molecule has 1 N–H and O–H groups in total. The van der Waals surface area contributed by atoms with E-state index in [0.29, 0.717) is 33.9 Å². The number of likely N-dealkylation sites (N-methyl/N-ethyl adjacent to an activating group) is 1. The number of aryl methyl sites for hydroxylation is 1. The van der Waals surface area contributed by atoms with Gasteiger partial charge >= 0.3 is 0 Å². The molecule has 2 aromatic rings. The number of ether oxygens (including phenoxy) is 1. The zero-order chi connectivity index (χ0) is 21.0. The third kappa shape index (κ3) is 5.77. The number of alkyl halides is 2. The van der Waals surface area contributed by atoms with Crippen molar-refractivity contribution in [1.29, 1.82) is 0 Å². The van der Waals surface area contributed by atoms with E-state index in [4.69, 9.17) is 4.74 Å². The van der Waals surface area contributed by atoms with Gasteiger partial charge in [0.2, 0.25) is 11.8 Å². The summed E-state index contributed by atoms with van der Waals surface area (Å²) in [4.78, 5) is 26.2. The highest BCUT2D eigenvalue weighted by molar-refractivity contribution is 8.01. The van der Waals surface area contributed by atoms with Gasteiger partial charge in [-0.1, -0.05) is 0 Å². The predicted octanol–water partition coefficient (Wildman–Crippen LogP) is 3.10. The van der Waals surface area contributed by atoms with Crippen LogP contribution in [0.5, 0.6) is 5.88 Å². The number of halogens is 2. The molecule has 11 heteroatoms. The van der Waals surface area contributed by atoms with E-state index in [0.717, 1.165) is 43.3 Å². The van der Waals surface area contributed by atoms with E-state index in [1.54, 1.807) is 13.0 Å². The SMILES string of the molecule is COc1nc(N2CCN(C)CC2)ccc1NC(=O)Cc1sc(SC(F)F)nc1C. The highest BCUT2D eigenvalue weighted by Crippen LogP contribution is 2.32. The highest BCUT2D eigenvalue weighted by atomic mass is 32.2. The van der Waals surface area contributed by atoms with Crippen LogP contribution in [-0.4, -0.2) is 66.9 Å². The number of thioether (sulfide) groups is 1. The van der Waals surface area contributed by atoms with Gasteiger partial charge in [-0.25, -0.2) is 4.98 Å². The first-order valence-corrected chi connectivity index (χ1v) is 10.7. The Bertz CT molecular complexity index is 857. The maximum atomic E-state index is 12.5. The standard InChI is InChI=1S/C18H23F2N5O2S2/c1-11-13(28-18(21-11)29-17(19)20)10-15(26)22-12-4-5-14(23-16(12)27-3)25-8-6-24(2)7-9-25/h4-5,17H,6-10H2,1-3H3,(H,22,26). The number of nitrogens with one attached hydrogen (secondary N) is 1. The molecule has 0 unspecified atom stereocenters. The largest absolute Gasteiger partial charge is 0.479 e. The summed E-state index contributed by atoms with van der Waals surface area (Å²) in [5.74, 6) is -1.67. The third-order valence-corrected chi connectivity index (χ3v) is 6.49. The van der Waals surface area contributed by atoms with Crippen molar-refractivity contribution < 1.29 is 18.3 Å². The Balaban J connectivity index is 1.66. The normalized spacial score (nSPS) is 15.0. The molecule has 0 aromatic carbocycles. The first-order valence-electron chi connectivity index (χ1n) is 9.05. The molecule has 0 aliphatic carbocycles. The monoisotopic (exact) mass is 443 g/mol. The number of carbonyl (C=O) groups excluding carboxylic acids is 1. The number of amides is 1. The molecule has 0 atom stereocenters. The van der Waals surface area contributed by atoms with Crippen LogP contribution in [-0.2, 0) is 11.2 Å². The van der Waals surface area contributed by atoms with E-state index >= 15 is 0 Å². The second kappa shape index (κ2) is 9.68. The molecule has 0 saturated carbocycles. The Kier molecular flexibility index (Phi) is 7.25. The number of anilines is 2. The van der Waals surface area contributed by atoms with Gasteiger partial charge in [-0.05, 0) is 37.9 Å². The molecule has 2 aromatic heterocycles. The number of methoxy groups -OCH3 is 1. The van der Waals surface area contributed by atoms with Crippen molar-refractivity contribution >= 4 is 40.5 Å². The molecule has 1 aliphatic rings. The Morgan fingerprint density at radius 2 is 2.03 bits per heavy atom. The fraction of sp³-hybridized carbons (Fsp3) is 0.500. The number of nitrogens with zero attached hydrogens (tertiary/aromatic N) is 4. The number of piperazine rings is 1. The van der Waals surface area contributed by atoms with E-state index in [-0.39, 0.29) is 16.7 Å². The van der Waals surface area contributed by atoms with Gasteiger partial charge in [0, 0.05) is 31.1 Å². The number of thiazole rings is 1. The van der Waals surface area contributed by atoms with Crippen molar-refractivity contribution in [2.45, 2.75) is 23.4 Å². The molecule has 158 valence electrons. The van der Waals surface area contributed by atoms with Crippen LogP contribution in [0.2, 0.25) is 0 Å². The fourth-order valence-corrected chi connectivity index (χ4v) is 4.77. The van der Waals surface area contributed by atoms with E-state index in [9.17, 15) is 13.6 Å². The minimum Gasteiger partial charge on any atom is -0.479 e. The van der Waals surface area contributed by atoms with Crippen molar-refractivity contribution in [3.05, 3.63) is 22.7 Å². The summed E-state index contributed by atoms with van der Waals surface area (Å²) in [6.45, 7) is 5.39. The van der Waals surface area contributed by atoms with Crippen LogP contribution in [0.4, 0.5) is 20.3 Å². The van der Waals surface area contributed by atoms with Crippen LogP contribution in [0.15, 0.2) is 16.5 Å². The van der Waals surface area contributed by atoms with Gasteiger partial charge in [0.15, 0.2) is 4.34 Å². The van der Waals surface area contributed by atoms with Crippen molar-refractivity contribution in [2.24, 2.45) is 0 Å². The van der Waals surface area contributed by atoms with Crippen molar-refractivity contribution in [3.8, 4) is 5.88 Å². The zero-order valence-corrected chi connectivity index (χ0v) is 18.1. The summed E-state index contributed by atoms with van der Waals surface area (Å²) in [6.07, 6.45) is 0.0522. The molecule has 1 amide bonds. The van der Waals surface area contributed by atoms with Crippen LogP contribution < -0.4 is 15.0 Å². The number of pyridine rings is 1. The minimum atomic E-state index is -2.53. The van der Waals surface area contributed by atoms with E-state index in [1.165, 1.54) is 7.11 Å². The lowest BCUT2D eigenvalue weighted by Crippen LogP contribution is -2.44. The van der Waals surface area contributed by atoms with Crippen LogP contribution >= 0.6 is 23.1 Å². The van der Waals surface area contributed by atoms with Crippen molar-refractivity contribution in [2.75, 3.05) is 50.6 Å². The van der Waals surface area contributed by atoms with Crippen LogP contribution in [0, 0.1) is 6.92 Å². The summed E-state index contributed by atoms with van der Waals surface area (Å²) in [7, 11) is 3.59. The molecule has 29 heavy (non-hydrogen) atoms. The molecule has 1 aliphatic heterocycles. The van der Waals surface area contributed by atoms with Gasteiger partial charge in [-0.15, -0.1) is 11.3 Å².